The normalized spacial score (nSPS) is 10.8. The summed E-state index contributed by atoms with van der Waals surface area (Å²) in [5, 5.41) is 11.4. The first-order valence-electron chi connectivity index (χ1n) is 6.77. The molecule has 0 aliphatic carbocycles. The van der Waals surface area contributed by atoms with Crippen LogP contribution in [0.1, 0.15) is 10.4 Å². The summed E-state index contributed by atoms with van der Waals surface area (Å²) in [5.74, 6) is 0. The topological polar surface area (TPSA) is 60.2 Å². The van der Waals surface area contributed by atoms with Gasteiger partial charge in [-0.25, -0.2) is 0 Å². The van der Waals surface area contributed by atoms with Crippen molar-refractivity contribution in [3.63, 3.8) is 0 Å². The molecule has 0 radical (unpaired) electrons. The van der Waals surface area contributed by atoms with Crippen molar-refractivity contribution in [2.75, 3.05) is 0 Å². The summed E-state index contributed by atoms with van der Waals surface area (Å²) in [6.45, 7) is 3.90. The van der Waals surface area contributed by atoms with Gasteiger partial charge in [0.1, 0.15) is 0 Å². The number of nitro groups is 1. The first-order valence-corrected chi connectivity index (χ1v) is 7.58. The minimum Gasteiger partial charge on any atom is -0.288 e. The highest BCUT2D eigenvalue weighted by Crippen LogP contribution is 2.30. The van der Waals surface area contributed by atoms with Crippen molar-refractivity contribution in [2.45, 2.75) is 13.8 Å². The first kappa shape index (κ1) is 14.4. The van der Waals surface area contributed by atoms with E-state index in [1.54, 1.807) is 23.5 Å². The Balaban J connectivity index is 2.27. The third kappa shape index (κ3) is 2.29. The van der Waals surface area contributed by atoms with E-state index in [0.717, 1.165) is 15.1 Å². The summed E-state index contributed by atoms with van der Waals surface area (Å²) in [6, 6.07) is 11.8. The predicted octanol–water partition coefficient (Wildman–Crippen LogP) is 4.45. The number of aryl methyl sites for hydroxylation is 2. The number of hydrogen-bond acceptors (Lipinski definition) is 4. The van der Waals surface area contributed by atoms with E-state index in [1.165, 1.54) is 12.1 Å². The summed E-state index contributed by atoms with van der Waals surface area (Å²) < 4.78 is 0.996. The molecule has 3 aromatic rings. The lowest BCUT2D eigenvalue weighted by atomic mass is 10.0. The van der Waals surface area contributed by atoms with Gasteiger partial charge < -0.3 is 0 Å². The van der Waals surface area contributed by atoms with Crippen LogP contribution in [0.3, 0.4) is 0 Å². The largest absolute Gasteiger partial charge is 0.288 e. The lowest BCUT2D eigenvalue weighted by Crippen LogP contribution is -2.06. The summed E-state index contributed by atoms with van der Waals surface area (Å²) in [6.07, 6.45) is 0. The lowest BCUT2D eigenvalue weighted by molar-refractivity contribution is -0.384. The maximum Gasteiger partial charge on any atom is 0.269 e. The molecule has 5 heteroatoms. The third-order valence-electron chi connectivity index (χ3n) is 3.66. The van der Waals surface area contributed by atoms with Gasteiger partial charge in [-0.15, -0.1) is 11.3 Å². The highest BCUT2D eigenvalue weighted by Gasteiger charge is 2.14. The van der Waals surface area contributed by atoms with Crippen molar-refractivity contribution in [1.82, 2.24) is 0 Å². The quantitative estimate of drug-likeness (QED) is 0.519. The SMILES string of the molecule is Cc1sc2c(C)cccc2c(=O)c1-c1ccc([N+](=O)[O-])cc1. The van der Waals surface area contributed by atoms with Crippen molar-refractivity contribution in [3.8, 4) is 11.1 Å². The molecule has 2 aromatic carbocycles. The molecule has 0 bridgehead atoms. The molecule has 0 atom stereocenters. The van der Waals surface area contributed by atoms with E-state index in [-0.39, 0.29) is 11.1 Å². The Labute approximate surface area is 130 Å². The van der Waals surface area contributed by atoms with Crippen LogP contribution in [0.4, 0.5) is 5.69 Å². The monoisotopic (exact) mass is 311 g/mol. The molecule has 0 spiro atoms. The number of rotatable bonds is 2. The summed E-state index contributed by atoms with van der Waals surface area (Å²) >= 11 is 1.58. The Morgan fingerprint density at radius 2 is 1.73 bits per heavy atom. The van der Waals surface area contributed by atoms with Gasteiger partial charge in [0.2, 0.25) is 0 Å². The molecular weight excluding hydrogens is 298 g/mol. The summed E-state index contributed by atoms with van der Waals surface area (Å²) in [5.41, 5.74) is 2.42. The smallest absolute Gasteiger partial charge is 0.269 e. The number of benzene rings is 2. The van der Waals surface area contributed by atoms with Crippen LogP contribution >= 0.6 is 11.3 Å². The molecule has 0 unspecified atom stereocenters. The molecule has 0 saturated heterocycles. The van der Waals surface area contributed by atoms with Gasteiger partial charge in [-0.3, -0.25) is 14.9 Å². The maximum absolute atomic E-state index is 12.8. The van der Waals surface area contributed by atoms with Crippen molar-refractivity contribution in [1.29, 1.82) is 0 Å². The van der Waals surface area contributed by atoms with E-state index >= 15 is 0 Å². The lowest BCUT2D eigenvalue weighted by Gasteiger charge is -2.08. The fraction of sp³-hybridized carbons (Fsp3) is 0.118. The fourth-order valence-electron chi connectivity index (χ4n) is 2.55. The Kier molecular flexibility index (Phi) is 3.50. The zero-order valence-corrected chi connectivity index (χ0v) is 12.9. The number of fused-ring (bicyclic) bond motifs is 1. The van der Waals surface area contributed by atoms with Crippen molar-refractivity contribution in [3.05, 3.63) is 73.2 Å². The van der Waals surface area contributed by atoms with Gasteiger partial charge in [0.15, 0.2) is 5.43 Å². The number of non-ortho nitro benzene ring substituents is 1. The average molecular weight is 311 g/mol. The van der Waals surface area contributed by atoms with Crippen molar-refractivity contribution < 1.29 is 4.92 Å². The van der Waals surface area contributed by atoms with E-state index in [1.807, 2.05) is 32.0 Å². The van der Waals surface area contributed by atoms with Crippen LogP contribution in [0, 0.1) is 24.0 Å². The standard InChI is InChI=1S/C17H13NO3S/c1-10-4-3-5-14-16(19)15(11(2)22-17(10)14)12-6-8-13(9-7-12)18(20)21/h3-9H,1-2H3. The summed E-state index contributed by atoms with van der Waals surface area (Å²) in [4.78, 5) is 24.0. The van der Waals surface area contributed by atoms with Gasteiger partial charge in [0, 0.05) is 32.7 Å². The third-order valence-corrected chi connectivity index (χ3v) is 4.91. The van der Waals surface area contributed by atoms with Crippen LogP contribution < -0.4 is 5.43 Å². The number of nitro benzene ring substituents is 1. The molecule has 3 rings (SSSR count). The van der Waals surface area contributed by atoms with Crippen LogP contribution in [-0.2, 0) is 0 Å². The zero-order chi connectivity index (χ0) is 15.9. The van der Waals surface area contributed by atoms with Crippen LogP contribution in [0.25, 0.3) is 21.2 Å². The second-order valence-electron chi connectivity index (χ2n) is 5.12. The van der Waals surface area contributed by atoms with Gasteiger partial charge in [-0.2, -0.15) is 0 Å². The molecule has 1 aromatic heterocycles. The van der Waals surface area contributed by atoms with Gasteiger partial charge in [0.25, 0.3) is 5.69 Å². The Morgan fingerprint density at radius 3 is 2.36 bits per heavy atom. The molecule has 0 aliphatic heterocycles. The van der Waals surface area contributed by atoms with E-state index in [9.17, 15) is 14.9 Å². The van der Waals surface area contributed by atoms with Crippen molar-refractivity contribution >= 4 is 27.1 Å². The van der Waals surface area contributed by atoms with Crippen LogP contribution in [0.5, 0.6) is 0 Å². The molecule has 0 saturated carbocycles. The van der Waals surface area contributed by atoms with E-state index in [2.05, 4.69) is 0 Å². The second kappa shape index (κ2) is 5.35. The Bertz CT molecular complexity index is 943. The van der Waals surface area contributed by atoms with Gasteiger partial charge in [-0.1, -0.05) is 12.1 Å². The summed E-state index contributed by atoms with van der Waals surface area (Å²) in [7, 11) is 0. The van der Waals surface area contributed by atoms with E-state index in [0.29, 0.717) is 16.5 Å². The van der Waals surface area contributed by atoms with Gasteiger partial charge in [0.05, 0.1) is 4.92 Å². The van der Waals surface area contributed by atoms with E-state index in [4.69, 9.17) is 0 Å². The minimum absolute atomic E-state index is 0.0224. The van der Waals surface area contributed by atoms with Crippen LogP contribution in [-0.4, -0.2) is 4.92 Å². The molecule has 4 nitrogen and oxygen atoms in total. The fourth-order valence-corrected chi connectivity index (χ4v) is 3.67. The molecule has 0 aliphatic rings. The first-order chi connectivity index (χ1) is 10.5. The molecule has 22 heavy (non-hydrogen) atoms. The Hall–Kier alpha value is -2.53. The Morgan fingerprint density at radius 1 is 1.05 bits per heavy atom. The molecule has 0 N–H and O–H groups in total. The average Bonchev–Trinajstić information content (AvgIpc) is 2.49. The van der Waals surface area contributed by atoms with Crippen LogP contribution in [0.15, 0.2) is 47.3 Å². The maximum atomic E-state index is 12.8. The molecule has 0 amide bonds. The molecular formula is C17H13NO3S. The van der Waals surface area contributed by atoms with Gasteiger partial charge in [-0.05, 0) is 43.2 Å². The van der Waals surface area contributed by atoms with Gasteiger partial charge >= 0.3 is 0 Å². The zero-order valence-electron chi connectivity index (χ0n) is 12.1. The van der Waals surface area contributed by atoms with Crippen LogP contribution in [0.2, 0.25) is 0 Å². The molecule has 1 heterocycles. The number of nitrogens with zero attached hydrogens (tertiary/aromatic N) is 1. The predicted molar refractivity (Wildman–Crippen MR) is 89.7 cm³/mol. The minimum atomic E-state index is -0.443. The second-order valence-corrected chi connectivity index (χ2v) is 6.34. The molecule has 0 fully saturated rings. The van der Waals surface area contributed by atoms with Crippen molar-refractivity contribution in [2.24, 2.45) is 0 Å². The van der Waals surface area contributed by atoms with E-state index < -0.39 is 4.92 Å². The highest BCUT2D eigenvalue weighted by molar-refractivity contribution is 7.18. The molecule has 110 valence electrons. The highest BCUT2D eigenvalue weighted by atomic mass is 32.1. The number of hydrogen-bond donors (Lipinski definition) is 0.